The second-order valence-electron chi connectivity index (χ2n) is 4.82. The molecule has 0 fully saturated rings. The van der Waals surface area contributed by atoms with Crippen LogP contribution < -0.4 is 34.7 Å². The van der Waals surface area contributed by atoms with E-state index in [1.54, 1.807) is 6.92 Å². The molecule has 116 valence electrons. The molecule has 0 aliphatic carbocycles. The average Bonchev–Trinajstić information content (AvgIpc) is 2.38. The maximum atomic E-state index is 11.6. The summed E-state index contributed by atoms with van der Waals surface area (Å²) in [7, 11) is 0. The van der Waals surface area contributed by atoms with Crippen LogP contribution in [0.3, 0.4) is 0 Å². The third-order valence-electron chi connectivity index (χ3n) is 2.36. The number of esters is 1. The molecule has 4 nitrogen and oxygen atoms in total. The molecule has 0 saturated heterocycles. The first-order valence-corrected chi connectivity index (χ1v) is 6.86. The van der Waals surface area contributed by atoms with E-state index in [-0.39, 0.29) is 35.5 Å². The second-order valence-corrected chi connectivity index (χ2v) is 5.26. The van der Waals surface area contributed by atoms with Crippen molar-refractivity contribution >= 4 is 29.6 Å². The number of halogens is 1. The number of benzene rings is 1. The van der Waals surface area contributed by atoms with Gasteiger partial charge in [0.2, 0.25) is 0 Å². The van der Waals surface area contributed by atoms with Gasteiger partial charge in [-0.3, -0.25) is 4.79 Å². The standard InChI is InChI=1S/C14H17ClO2.C2H4O2.Na/c1-4-17-13(16)14(2,3)10-9-11-5-7-12(15)8-6-11;1-2(3)4;/h5-10H,4H2,1-3H3;1H3,(H,3,4);/q;;+1/p-1. The summed E-state index contributed by atoms with van der Waals surface area (Å²) in [4.78, 5) is 20.5. The topological polar surface area (TPSA) is 66.4 Å². The fraction of sp³-hybridized carbons (Fsp3) is 0.375. The van der Waals surface area contributed by atoms with Gasteiger partial charge in [-0.25, -0.2) is 0 Å². The molecule has 0 aliphatic heterocycles. The van der Waals surface area contributed by atoms with Crippen molar-refractivity contribution in [1.82, 2.24) is 0 Å². The summed E-state index contributed by atoms with van der Waals surface area (Å²) in [6, 6.07) is 7.44. The van der Waals surface area contributed by atoms with Crippen molar-refractivity contribution in [1.29, 1.82) is 0 Å². The molecular formula is C16H20ClNaO4. The number of aliphatic carboxylic acids is 1. The number of hydrogen-bond donors (Lipinski definition) is 0. The predicted octanol–water partition coefficient (Wildman–Crippen LogP) is -0.297. The van der Waals surface area contributed by atoms with Gasteiger partial charge in [0.25, 0.3) is 0 Å². The zero-order valence-corrected chi connectivity index (χ0v) is 16.4. The minimum Gasteiger partial charge on any atom is -0.550 e. The Hall–Kier alpha value is -0.810. The van der Waals surface area contributed by atoms with Gasteiger partial charge in [-0.2, -0.15) is 0 Å². The van der Waals surface area contributed by atoms with Gasteiger partial charge >= 0.3 is 35.5 Å². The van der Waals surface area contributed by atoms with E-state index in [0.717, 1.165) is 12.5 Å². The van der Waals surface area contributed by atoms with E-state index in [0.29, 0.717) is 11.6 Å². The van der Waals surface area contributed by atoms with Gasteiger partial charge in [-0.15, -0.1) is 0 Å². The van der Waals surface area contributed by atoms with Crippen LogP contribution in [-0.2, 0) is 14.3 Å². The van der Waals surface area contributed by atoms with Gasteiger partial charge < -0.3 is 14.6 Å². The molecular weight excluding hydrogens is 315 g/mol. The van der Waals surface area contributed by atoms with E-state index in [9.17, 15) is 4.79 Å². The molecule has 0 N–H and O–H groups in total. The Kier molecular flexibility index (Phi) is 12.5. The molecule has 1 aromatic rings. The zero-order chi connectivity index (χ0) is 16.5. The molecule has 0 saturated carbocycles. The quantitative estimate of drug-likeness (QED) is 0.560. The predicted molar refractivity (Wildman–Crippen MR) is 81.6 cm³/mol. The summed E-state index contributed by atoms with van der Waals surface area (Å²) >= 11 is 5.80. The van der Waals surface area contributed by atoms with Crippen molar-refractivity contribution in [3.63, 3.8) is 0 Å². The number of carbonyl (C=O) groups is 2. The van der Waals surface area contributed by atoms with Gasteiger partial charge in [0.1, 0.15) is 0 Å². The van der Waals surface area contributed by atoms with E-state index in [2.05, 4.69) is 0 Å². The monoisotopic (exact) mass is 334 g/mol. The van der Waals surface area contributed by atoms with Crippen LogP contribution in [0.1, 0.15) is 33.3 Å². The number of ether oxygens (including phenoxy) is 1. The van der Waals surface area contributed by atoms with Crippen LogP contribution in [0.4, 0.5) is 0 Å². The van der Waals surface area contributed by atoms with Crippen molar-refractivity contribution < 1.29 is 49.0 Å². The molecule has 0 heterocycles. The maximum absolute atomic E-state index is 11.6. The number of rotatable bonds is 4. The molecule has 0 amide bonds. The zero-order valence-electron chi connectivity index (χ0n) is 13.7. The van der Waals surface area contributed by atoms with Crippen molar-refractivity contribution in [2.24, 2.45) is 5.41 Å². The first-order valence-electron chi connectivity index (χ1n) is 6.48. The summed E-state index contributed by atoms with van der Waals surface area (Å²) in [5.41, 5.74) is 0.391. The molecule has 0 spiro atoms. The third kappa shape index (κ3) is 10.9. The second kappa shape index (κ2) is 11.7. The molecule has 6 heteroatoms. The number of carboxylic acid groups (broad SMARTS) is 1. The smallest absolute Gasteiger partial charge is 0.550 e. The summed E-state index contributed by atoms with van der Waals surface area (Å²) in [6.45, 7) is 6.84. The number of hydrogen-bond acceptors (Lipinski definition) is 4. The van der Waals surface area contributed by atoms with Crippen molar-refractivity contribution in [2.45, 2.75) is 27.7 Å². The van der Waals surface area contributed by atoms with Crippen LogP contribution >= 0.6 is 11.6 Å². The van der Waals surface area contributed by atoms with Crippen LogP contribution in [-0.4, -0.2) is 18.5 Å². The normalized spacial score (nSPS) is 10.2. The van der Waals surface area contributed by atoms with Crippen LogP contribution in [0, 0.1) is 5.41 Å². The average molecular weight is 335 g/mol. The number of carbonyl (C=O) groups excluding carboxylic acids is 2. The molecule has 1 aromatic carbocycles. The van der Waals surface area contributed by atoms with Gasteiger partial charge in [-0.05, 0) is 45.4 Å². The van der Waals surface area contributed by atoms with E-state index < -0.39 is 11.4 Å². The Morgan fingerprint density at radius 2 is 1.73 bits per heavy atom. The molecule has 22 heavy (non-hydrogen) atoms. The van der Waals surface area contributed by atoms with Crippen LogP contribution in [0.15, 0.2) is 30.3 Å². The molecule has 0 aliphatic rings. The Labute approximate surface area is 158 Å². The van der Waals surface area contributed by atoms with Crippen molar-refractivity contribution in [2.75, 3.05) is 6.61 Å². The third-order valence-corrected chi connectivity index (χ3v) is 2.62. The van der Waals surface area contributed by atoms with E-state index >= 15 is 0 Å². The Balaban J connectivity index is 0. The minimum atomic E-state index is -1.08. The van der Waals surface area contributed by atoms with Gasteiger partial charge in [0.15, 0.2) is 0 Å². The first-order chi connectivity index (χ1) is 9.69. The van der Waals surface area contributed by atoms with Crippen molar-refractivity contribution in [3.8, 4) is 0 Å². The van der Waals surface area contributed by atoms with E-state index in [4.69, 9.17) is 26.2 Å². The Morgan fingerprint density at radius 3 is 2.14 bits per heavy atom. The van der Waals surface area contributed by atoms with Crippen molar-refractivity contribution in [3.05, 3.63) is 40.9 Å². The van der Waals surface area contributed by atoms with Crippen LogP contribution in [0.5, 0.6) is 0 Å². The first kappa shape index (κ1) is 23.5. The molecule has 0 atom stereocenters. The summed E-state index contributed by atoms with van der Waals surface area (Å²) in [5, 5.41) is 9.59. The van der Waals surface area contributed by atoms with Crippen LogP contribution in [0.25, 0.3) is 6.08 Å². The van der Waals surface area contributed by atoms with E-state index in [1.165, 1.54) is 0 Å². The molecule has 0 bridgehead atoms. The van der Waals surface area contributed by atoms with Gasteiger partial charge in [-0.1, -0.05) is 35.9 Å². The summed E-state index contributed by atoms with van der Waals surface area (Å²) in [6.07, 6.45) is 3.74. The SMILES string of the molecule is CC(=O)[O-].CCOC(=O)C(C)(C)C=Cc1ccc(Cl)cc1.[Na+]. The fourth-order valence-electron chi connectivity index (χ4n) is 1.26. The minimum absolute atomic E-state index is 0. The maximum Gasteiger partial charge on any atom is 1.00 e. The van der Waals surface area contributed by atoms with E-state index in [1.807, 2.05) is 50.3 Å². The fourth-order valence-corrected chi connectivity index (χ4v) is 1.39. The van der Waals surface area contributed by atoms with Gasteiger partial charge in [0.05, 0.1) is 12.0 Å². The molecule has 0 radical (unpaired) electrons. The molecule has 0 unspecified atom stereocenters. The van der Waals surface area contributed by atoms with Gasteiger partial charge in [0, 0.05) is 11.0 Å². The summed E-state index contributed by atoms with van der Waals surface area (Å²) in [5.74, 6) is -1.30. The Bertz CT molecular complexity index is 491. The molecule has 0 aromatic heterocycles. The molecule has 1 rings (SSSR count). The largest absolute Gasteiger partial charge is 1.00 e. The summed E-state index contributed by atoms with van der Waals surface area (Å²) < 4.78 is 5.00. The Morgan fingerprint density at radius 1 is 1.27 bits per heavy atom. The number of carboxylic acids is 1. The van der Waals surface area contributed by atoms with Crippen LogP contribution in [0.2, 0.25) is 5.02 Å².